The molecule has 0 atom stereocenters. The Morgan fingerprint density at radius 1 is 0.857 bits per heavy atom. The van der Waals surface area contributed by atoms with E-state index in [0.29, 0.717) is 0 Å². The number of allylic oxidation sites excluding steroid dienone is 4. The summed E-state index contributed by atoms with van der Waals surface area (Å²) in [5, 5.41) is 0. The Balaban J connectivity index is 0.000000360. The molecule has 0 bridgehead atoms. The van der Waals surface area contributed by atoms with Gasteiger partial charge in [-0.1, -0.05) is 24.3 Å². The summed E-state index contributed by atoms with van der Waals surface area (Å²) in [6.07, 6.45) is 11.0. The second kappa shape index (κ2) is 4.14. The molecule has 0 aliphatic heterocycles. The molecule has 0 unspecified atom stereocenters. The summed E-state index contributed by atoms with van der Waals surface area (Å²) >= 11 is 0. The third kappa shape index (κ3) is 2.64. The maximum Gasteiger partial charge on any atom is 2.00 e. The van der Waals surface area contributed by atoms with E-state index >= 15 is 0 Å². The third-order valence-corrected chi connectivity index (χ3v) is 0.883. The van der Waals surface area contributed by atoms with Crippen LogP contribution in [0.2, 0.25) is 0 Å². The second-order valence-corrected chi connectivity index (χ2v) is 1.43. The molecular weight excluding hydrogens is 131 g/mol. The van der Waals surface area contributed by atoms with Gasteiger partial charge in [0.1, 0.15) is 0 Å². The van der Waals surface area contributed by atoms with Crippen molar-refractivity contribution in [1.82, 2.24) is 0 Å². The summed E-state index contributed by atoms with van der Waals surface area (Å²) in [7, 11) is 0. The van der Waals surface area contributed by atoms with Gasteiger partial charge in [0.2, 0.25) is 0 Å². The second-order valence-electron chi connectivity index (χ2n) is 1.43. The summed E-state index contributed by atoms with van der Waals surface area (Å²) in [6.45, 7) is 0. The van der Waals surface area contributed by atoms with Crippen molar-refractivity contribution in [3.05, 3.63) is 24.3 Å². The fourth-order valence-corrected chi connectivity index (χ4v) is 0.542. The molecule has 1 rings (SSSR count). The molecule has 0 aromatic heterocycles. The fraction of sp³-hybridized carbons (Fsp3) is 0.333. The first-order valence-electron chi connectivity index (χ1n) is 2.32. The van der Waals surface area contributed by atoms with Crippen LogP contribution in [0.25, 0.3) is 0 Å². The van der Waals surface area contributed by atoms with Crippen LogP contribution in [0.3, 0.4) is 0 Å². The molecule has 0 N–H and O–H groups in total. The van der Waals surface area contributed by atoms with Crippen LogP contribution >= 0.6 is 0 Å². The Morgan fingerprint density at radius 2 is 1.29 bits per heavy atom. The molecule has 1 aliphatic rings. The molecule has 0 amide bonds. The van der Waals surface area contributed by atoms with Crippen molar-refractivity contribution >= 4 is 0 Å². The molecule has 0 saturated heterocycles. The van der Waals surface area contributed by atoms with Crippen molar-refractivity contribution in [1.29, 1.82) is 0 Å². The quantitative estimate of drug-likeness (QED) is 0.449. The molecular formula is C6H8Ni+2. The van der Waals surface area contributed by atoms with Gasteiger partial charge in [-0.25, -0.2) is 0 Å². The van der Waals surface area contributed by atoms with Gasteiger partial charge >= 0.3 is 16.5 Å². The predicted octanol–water partition coefficient (Wildman–Crippen LogP) is 1.89. The van der Waals surface area contributed by atoms with Gasteiger partial charge in [-0.05, 0) is 12.8 Å². The van der Waals surface area contributed by atoms with Crippen molar-refractivity contribution in [3.8, 4) is 0 Å². The maximum absolute atomic E-state index is 2.18. The standard InChI is InChI=1S/C6H8.Ni/c1-2-4-6-5-3-1;/h1-4H,5-6H2;/q;+2. The van der Waals surface area contributed by atoms with E-state index in [4.69, 9.17) is 0 Å². The fourth-order valence-electron chi connectivity index (χ4n) is 0.542. The van der Waals surface area contributed by atoms with Crippen molar-refractivity contribution in [2.45, 2.75) is 12.8 Å². The first-order valence-corrected chi connectivity index (χ1v) is 2.32. The van der Waals surface area contributed by atoms with Gasteiger partial charge in [0.15, 0.2) is 0 Å². The van der Waals surface area contributed by atoms with Gasteiger partial charge in [-0.2, -0.15) is 0 Å². The largest absolute Gasteiger partial charge is 2.00 e. The first kappa shape index (κ1) is 6.97. The van der Waals surface area contributed by atoms with Gasteiger partial charge < -0.3 is 0 Å². The number of hydrogen-bond donors (Lipinski definition) is 0. The van der Waals surface area contributed by atoms with E-state index in [1.54, 1.807) is 0 Å². The van der Waals surface area contributed by atoms with Crippen LogP contribution in [0.4, 0.5) is 0 Å². The van der Waals surface area contributed by atoms with Gasteiger partial charge in [-0.15, -0.1) is 0 Å². The molecule has 7 heavy (non-hydrogen) atoms. The minimum Gasteiger partial charge on any atom is -0.0842 e. The molecule has 0 aromatic rings. The Kier molecular flexibility index (Phi) is 4.13. The summed E-state index contributed by atoms with van der Waals surface area (Å²) in [5.41, 5.74) is 0. The van der Waals surface area contributed by atoms with Crippen LogP contribution in [-0.4, -0.2) is 0 Å². The Hall–Kier alpha value is -0.0265. The summed E-state index contributed by atoms with van der Waals surface area (Å²) in [4.78, 5) is 0. The maximum atomic E-state index is 2.18. The summed E-state index contributed by atoms with van der Waals surface area (Å²) < 4.78 is 0. The zero-order valence-corrected chi connectivity index (χ0v) is 5.03. The normalized spacial score (nSPS) is 16.0. The van der Waals surface area contributed by atoms with Gasteiger partial charge in [0.25, 0.3) is 0 Å². The van der Waals surface area contributed by atoms with Crippen LogP contribution < -0.4 is 0 Å². The van der Waals surface area contributed by atoms with E-state index < -0.39 is 0 Å². The van der Waals surface area contributed by atoms with Crippen molar-refractivity contribution < 1.29 is 16.5 Å². The first-order chi connectivity index (χ1) is 3.00. The topological polar surface area (TPSA) is 0 Å². The number of hydrogen-bond acceptors (Lipinski definition) is 0. The summed E-state index contributed by atoms with van der Waals surface area (Å²) in [5.74, 6) is 0. The van der Waals surface area contributed by atoms with Crippen molar-refractivity contribution in [2.75, 3.05) is 0 Å². The minimum atomic E-state index is 0. The smallest absolute Gasteiger partial charge is 0.0842 e. The van der Waals surface area contributed by atoms with Crippen LogP contribution in [0.1, 0.15) is 12.8 Å². The van der Waals surface area contributed by atoms with Gasteiger partial charge in [0.05, 0.1) is 0 Å². The van der Waals surface area contributed by atoms with Crippen molar-refractivity contribution in [3.63, 3.8) is 0 Å². The third-order valence-electron chi connectivity index (χ3n) is 0.883. The number of rotatable bonds is 0. The molecule has 0 aromatic carbocycles. The molecule has 0 saturated carbocycles. The Labute approximate surface area is 54.2 Å². The van der Waals surface area contributed by atoms with E-state index in [1.807, 2.05) is 0 Å². The SMILES string of the molecule is C1=CCCC=C1.[Ni+2]. The van der Waals surface area contributed by atoms with E-state index in [2.05, 4.69) is 24.3 Å². The monoisotopic (exact) mass is 138 g/mol. The zero-order valence-electron chi connectivity index (χ0n) is 4.04. The van der Waals surface area contributed by atoms with Gasteiger partial charge in [0, 0.05) is 0 Å². The Bertz CT molecular complexity index is 70.2. The van der Waals surface area contributed by atoms with Gasteiger partial charge in [-0.3, -0.25) is 0 Å². The average Bonchev–Trinajstić information content (AvgIpc) is 1.72. The molecule has 1 heteroatoms. The van der Waals surface area contributed by atoms with Crippen LogP contribution in [0.15, 0.2) is 24.3 Å². The molecule has 0 radical (unpaired) electrons. The minimum absolute atomic E-state index is 0. The average molecular weight is 139 g/mol. The molecule has 0 fully saturated rings. The van der Waals surface area contributed by atoms with Crippen LogP contribution in [0.5, 0.6) is 0 Å². The molecule has 40 valence electrons. The summed E-state index contributed by atoms with van der Waals surface area (Å²) in [6, 6.07) is 0. The molecule has 0 nitrogen and oxygen atoms in total. The van der Waals surface area contributed by atoms with Crippen molar-refractivity contribution in [2.24, 2.45) is 0 Å². The van der Waals surface area contributed by atoms with E-state index in [-0.39, 0.29) is 16.5 Å². The van der Waals surface area contributed by atoms with Crippen LogP contribution in [-0.2, 0) is 16.5 Å². The predicted molar refractivity (Wildman–Crippen MR) is 27.5 cm³/mol. The van der Waals surface area contributed by atoms with Crippen LogP contribution in [0, 0.1) is 0 Å². The van der Waals surface area contributed by atoms with E-state index in [1.165, 1.54) is 12.8 Å². The molecule has 0 spiro atoms. The molecule has 0 heterocycles. The van der Waals surface area contributed by atoms with E-state index in [9.17, 15) is 0 Å². The zero-order chi connectivity index (χ0) is 4.24. The Morgan fingerprint density at radius 3 is 1.43 bits per heavy atom. The molecule has 1 aliphatic carbocycles. The van der Waals surface area contributed by atoms with E-state index in [0.717, 1.165) is 0 Å².